The SMILES string of the molecule is CNc1nn2c(CN(C)C)cc(C)nc2c1S(=O)(=O)c1cccc(C)c1. The fraction of sp³-hybridized carbons (Fsp3) is 0.333. The summed E-state index contributed by atoms with van der Waals surface area (Å²) in [4.78, 5) is 6.84. The molecule has 3 aromatic rings. The number of rotatable bonds is 5. The summed E-state index contributed by atoms with van der Waals surface area (Å²) in [6.07, 6.45) is 0. The van der Waals surface area contributed by atoms with Gasteiger partial charge in [-0.3, -0.25) is 0 Å². The number of benzene rings is 1. The Bertz CT molecular complexity index is 1070. The molecule has 8 heteroatoms. The van der Waals surface area contributed by atoms with Crippen LogP contribution in [0.4, 0.5) is 5.82 Å². The molecule has 0 fully saturated rings. The van der Waals surface area contributed by atoms with E-state index >= 15 is 0 Å². The molecule has 138 valence electrons. The third-order valence-electron chi connectivity index (χ3n) is 4.03. The molecular weight excluding hydrogens is 350 g/mol. The Kier molecular flexibility index (Phi) is 4.72. The molecule has 0 saturated carbocycles. The van der Waals surface area contributed by atoms with E-state index in [1.807, 2.05) is 45.0 Å². The van der Waals surface area contributed by atoms with Gasteiger partial charge < -0.3 is 10.2 Å². The van der Waals surface area contributed by atoms with E-state index in [-0.39, 0.29) is 9.79 Å². The van der Waals surface area contributed by atoms with Gasteiger partial charge in [0.25, 0.3) is 0 Å². The average molecular weight is 373 g/mol. The molecule has 0 bridgehead atoms. The van der Waals surface area contributed by atoms with Crippen LogP contribution in [0.2, 0.25) is 0 Å². The monoisotopic (exact) mass is 373 g/mol. The largest absolute Gasteiger partial charge is 0.370 e. The Morgan fingerprint density at radius 2 is 1.92 bits per heavy atom. The highest BCUT2D eigenvalue weighted by Gasteiger charge is 2.29. The summed E-state index contributed by atoms with van der Waals surface area (Å²) in [6, 6.07) is 8.79. The molecule has 0 aliphatic heterocycles. The molecule has 0 atom stereocenters. The summed E-state index contributed by atoms with van der Waals surface area (Å²) in [6.45, 7) is 4.34. The van der Waals surface area contributed by atoms with E-state index in [4.69, 9.17) is 0 Å². The van der Waals surface area contributed by atoms with Crippen molar-refractivity contribution in [2.75, 3.05) is 26.5 Å². The van der Waals surface area contributed by atoms with Gasteiger partial charge in [-0.1, -0.05) is 12.1 Å². The van der Waals surface area contributed by atoms with Gasteiger partial charge in [0.1, 0.15) is 0 Å². The highest BCUT2D eigenvalue weighted by atomic mass is 32.2. The second-order valence-corrected chi connectivity index (χ2v) is 8.50. The van der Waals surface area contributed by atoms with Crippen LogP contribution in [0.5, 0.6) is 0 Å². The number of fused-ring (bicyclic) bond motifs is 1. The van der Waals surface area contributed by atoms with Crippen LogP contribution in [-0.2, 0) is 16.4 Å². The van der Waals surface area contributed by atoms with Crippen molar-refractivity contribution in [1.29, 1.82) is 0 Å². The lowest BCUT2D eigenvalue weighted by molar-refractivity contribution is 0.392. The van der Waals surface area contributed by atoms with Crippen molar-refractivity contribution in [3.63, 3.8) is 0 Å². The van der Waals surface area contributed by atoms with Crippen LogP contribution in [0, 0.1) is 13.8 Å². The van der Waals surface area contributed by atoms with Crippen molar-refractivity contribution >= 4 is 21.3 Å². The zero-order valence-electron chi connectivity index (χ0n) is 15.6. The Balaban J connectivity index is 2.33. The maximum atomic E-state index is 13.3. The minimum absolute atomic E-state index is 0.106. The van der Waals surface area contributed by atoms with Crippen LogP contribution in [0.1, 0.15) is 17.0 Å². The first-order valence-corrected chi connectivity index (χ1v) is 9.76. The van der Waals surface area contributed by atoms with Gasteiger partial charge in [-0.15, -0.1) is 5.10 Å². The Morgan fingerprint density at radius 3 is 2.54 bits per heavy atom. The second kappa shape index (κ2) is 6.69. The molecule has 0 unspecified atom stereocenters. The second-order valence-electron chi connectivity index (χ2n) is 6.61. The van der Waals surface area contributed by atoms with Crippen LogP contribution in [0.3, 0.4) is 0 Å². The van der Waals surface area contributed by atoms with E-state index in [9.17, 15) is 8.42 Å². The predicted octanol–water partition coefficient (Wildman–Crippen LogP) is 2.28. The topological polar surface area (TPSA) is 79.6 Å². The normalized spacial score (nSPS) is 12.1. The summed E-state index contributed by atoms with van der Waals surface area (Å²) in [5.74, 6) is 0.296. The molecule has 1 N–H and O–H groups in total. The molecule has 3 rings (SSSR count). The van der Waals surface area contributed by atoms with Gasteiger partial charge in [-0.2, -0.15) is 0 Å². The molecular formula is C18H23N5O2S. The molecule has 7 nitrogen and oxygen atoms in total. The fourth-order valence-electron chi connectivity index (χ4n) is 2.94. The van der Waals surface area contributed by atoms with Gasteiger partial charge in [-0.05, 0) is 51.7 Å². The number of sulfone groups is 1. The lowest BCUT2D eigenvalue weighted by Crippen LogP contribution is -2.15. The quantitative estimate of drug-likeness (QED) is 0.739. The van der Waals surface area contributed by atoms with E-state index in [0.29, 0.717) is 18.0 Å². The number of hydrogen-bond acceptors (Lipinski definition) is 6. The molecule has 0 saturated heterocycles. The van der Waals surface area contributed by atoms with Gasteiger partial charge in [0.05, 0.1) is 10.6 Å². The number of nitrogens with one attached hydrogen (secondary N) is 1. The van der Waals surface area contributed by atoms with Gasteiger partial charge >= 0.3 is 0 Å². The highest BCUT2D eigenvalue weighted by molar-refractivity contribution is 7.91. The van der Waals surface area contributed by atoms with Crippen molar-refractivity contribution in [3.05, 3.63) is 47.3 Å². The van der Waals surface area contributed by atoms with Crippen molar-refractivity contribution < 1.29 is 8.42 Å². The lowest BCUT2D eigenvalue weighted by atomic mass is 10.2. The maximum absolute atomic E-state index is 13.3. The van der Waals surface area contributed by atoms with Crippen LogP contribution in [0.25, 0.3) is 5.65 Å². The first-order chi connectivity index (χ1) is 12.2. The average Bonchev–Trinajstić information content (AvgIpc) is 2.93. The fourth-order valence-corrected chi connectivity index (χ4v) is 4.55. The number of aromatic nitrogens is 3. The highest BCUT2D eigenvalue weighted by Crippen LogP contribution is 2.31. The van der Waals surface area contributed by atoms with E-state index in [1.165, 1.54) is 0 Å². The molecule has 0 aliphatic rings. The van der Waals surface area contributed by atoms with Crippen LogP contribution < -0.4 is 5.32 Å². The third-order valence-corrected chi connectivity index (χ3v) is 5.82. The summed E-state index contributed by atoms with van der Waals surface area (Å²) in [5.41, 5.74) is 2.84. The van der Waals surface area contributed by atoms with Crippen molar-refractivity contribution in [3.8, 4) is 0 Å². The summed E-state index contributed by atoms with van der Waals surface area (Å²) in [5, 5.41) is 7.39. The predicted molar refractivity (Wildman–Crippen MR) is 101 cm³/mol. The van der Waals surface area contributed by atoms with Gasteiger partial charge in [0, 0.05) is 19.3 Å². The van der Waals surface area contributed by atoms with Crippen LogP contribution in [0.15, 0.2) is 40.1 Å². The number of nitrogens with zero attached hydrogens (tertiary/aromatic N) is 4. The van der Waals surface area contributed by atoms with Crippen molar-refractivity contribution in [1.82, 2.24) is 19.5 Å². The molecule has 26 heavy (non-hydrogen) atoms. The van der Waals surface area contributed by atoms with Gasteiger partial charge in [-0.25, -0.2) is 17.9 Å². The first kappa shape index (κ1) is 18.3. The van der Waals surface area contributed by atoms with E-state index < -0.39 is 9.84 Å². The van der Waals surface area contributed by atoms with E-state index in [2.05, 4.69) is 15.4 Å². The summed E-state index contributed by atoms with van der Waals surface area (Å²) < 4.78 is 28.3. The van der Waals surface area contributed by atoms with Crippen molar-refractivity contribution in [2.24, 2.45) is 0 Å². The Morgan fingerprint density at radius 1 is 1.19 bits per heavy atom. The van der Waals surface area contributed by atoms with Crippen LogP contribution in [-0.4, -0.2) is 49.1 Å². The minimum atomic E-state index is -3.77. The van der Waals surface area contributed by atoms with E-state index in [1.54, 1.807) is 29.8 Å². The maximum Gasteiger partial charge on any atom is 0.214 e. The molecule has 0 radical (unpaired) electrons. The summed E-state index contributed by atoms with van der Waals surface area (Å²) in [7, 11) is 1.80. The van der Waals surface area contributed by atoms with Gasteiger partial charge in [0.2, 0.25) is 9.84 Å². The molecule has 2 heterocycles. The zero-order valence-corrected chi connectivity index (χ0v) is 16.4. The number of aryl methyl sites for hydroxylation is 2. The van der Waals surface area contributed by atoms with Crippen LogP contribution >= 0.6 is 0 Å². The third kappa shape index (κ3) is 3.17. The zero-order chi connectivity index (χ0) is 19.1. The lowest BCUT2D eigenvalue weighted by Gasteiger charge is -2.12. The molecule has 0 amide bonds. The van der Waals surface area contributed by atoms with Gasteiger partial charge in [0.15, 0.2) is 16.4 Å². The molecule has 0 aliphatic carbocycles. The summed E-state index contributed by atoms with van der Waals surface area (Å²) >= 11 is 0. The van der Waals surface area contributed by atoms with Crippen molar-refractivity contribution in [2.45, 2.75) is 30.2 Å². The first-order valence-electron chi connectivity index (χ1n) is 8.27. The molecule has 1 aromatic carbocycles. The Hall–Kier alpha value is -2.45. The minimum Gasteiger partial charge on any atom is -0.370 e. The molecule has 2 aromatic heterocycles. The number of hydrogen-bond donors (Lipinski definition) is 1. The smallest absolute Gasteiger partial charge is 0.214 e. The Labute approximate surface area is 153 Å². The molecule has 0 spiro atoms. The standard InChI is InChI=1S/C18H23N5O2S/c1-12-7-6-8-15(9-12)26(24,25)16-17(19-3)21-23-14(11-22(4)5)10-13(2)20-18(16)23/h6-10H,11H2,1-5H3,(H,19,21). The number of anilines is 1. The van der Waals surface area contributed by atoms with E-state index in [0.717, 1.165) is 17.0 Å².